The Labute approximate surface area is 459 Å². The predicted molar refractivity (Wildman–Crippen MR) is 304 cm³/mol. The highest BCUT2D eigenvalue weighted by Gasteiger charge is 2.51. The monoisotopic (exact) mass is 1070 g/mol. The maximum absolute atomic E-state index is 13.3. The van der Waals surface area contributed by atoms with Gasteiger partial charge in [-0.2, -0.15) is 0 Å². The van der Waals surface area contributed by atoms with Crippen molar-refractivity contribution in [3.05, 3.63) is 85.1 Å². The minimum atomic E-state index is -1.79. The Morgan fingerprint density at radius 2 is 0.895 bits per heavy atom. The van der Waals surface area contributed by atoms with Crippen LogP contribution in [0, 0.1) is 0 Å². The van der Waals surface area contributed by atoms with E-state index >= 15 is 0 Å². The molecule has 14 nitrogen and oxygen atoms in total. The first-order valence-electron chi connectivity index (χ1n) is 29.8. The molecule has 2 aliphatic rings. The van der Waals surface area contributed by atoms with Gasteiger partial charge in [-0.25, -0.2) is 0 Å². The zero-order chi connectivity index (χ0) is 55.3. The van der Waals surface area contributed by atoms with Gasteiger partial charge in [0.1, 0.15) is 48.8 Å². The average molecular weight is 1070 g/mol. The van der Waals surface area contributed by atoms with Crippen LogP contribution in [-0.2, 0) is 23.7 Å². The molecule has 0 spiro atoms. The molecule has 12 atom stereocenters. The number of unbranched alkanes of at least 4 members (excludes halogenated alkanes) is 19. The van der Waals surface area contributed by atoms with E-state index in [1.165, 1.54) is 96.3 Å². The van der Waals surface area contributed by atoms with E-state index < -0.39 is 86.8 Å². The number of rotatable bonds is 46. The summed E-state index contributed by atoms with van der Waals surface area (Å²) in [5.41, 5.74) is 0. The van der Waals surface area contributed by atoms with Crippen LogP contribution in [-0.4, -0.2) is 140 Å². The molecular formula is C62H107NO13. The molecule has 12 unspecified atom stereocenters. The number of ether oxygens (including phenoxy) is 4. The van der Waals surface area contributed by atoms with Crippen LogP contribution in [0.15, 0.2) is 85.1 Å². The van der Waals surface area contributed by atoms with Crippen LogP contribution in [0.2, 0.25) is 0 Å². The molecule has 0 radical (unpaired) electrons. The van der Waals surface area contributed by atoms with Gasteiger partial charge in [0.2, 0.25) is 5.91 Å². The van der Waals surface area contributed by atoms with Gasteiger partial charge < -0.3 is 65.1 Å². The minimum Gasteiger partial charge on any atom is -0.394 e. The van der Waals surface area contributed by atoms with E-state index in [0.717, 1.165) is 70.6 Å². The molecule has 0 aromatic heterocycles. The van der Waals surface area contributed by atoms with Gasteiger partial charge in [-0.15, -0.1) is 0 Å². The van der Waals surface area contributed by atoms with Crippen molar-refractivity contribution < 1.29 is 64.6 Å². The van der Waals surface area contributed by atoms with Gasteiger partial charge in [0, 0.05) is 6.42 Å². The Hall–Kier alpha value is -2.83. The summed E-state index contributed by atoms with van der Waals surface area (Å²) in [7, 11) is 0. The van der Waals surface area contributed by atoms with E-state index in [1.807, 2.05) is 0 Å². The van der Waals surface area contributed by atoms with Crippen LogP contribution in [0.4, 0.5) is 0 Å². The summed E-state index contributed by atoms with van der Waals surface area (Å²) in [6.07, 6.45) is 45.8. The lowest BCUT2D eigenvalue weighted by atomic mass is 9.97. The van der Waals surface area contributed by atoms with Crippen LogP contribution in [0.25, 0.3) is 0 Å². The summed E-state index contributed by atoms with van der Waals surface area (Å²) in [6.45, 7) is 2.71. The third kappa shape index (κ3) is 32.3. The Morgan fingerprint density at radius 1 is 0.487 bits per heavy atom. The van der Waals surface area contributed by atoms with Crippen molar-refractivity contribution in [1.29, 1.82) is 0 Å². The first kappa shape index (κ1) is 69.3. The van der Waals surface area contributed by atoms with Gasteiger partial charge in [-0.3, -0.25) is 4.79 Å². The molecule has 76 heavy (non-hydrogen) atoms. The molecule has 14 heteroatoms. The number of hydrogen-bond acceptors (Lipinski definition) is 13. The largest absolute Gasteiger partial charge is 0.394 e. The number of aliphatic hydroxyl groups is 8. The zero-order valence-corrected chi connectivity index (χ0v) is 47.0. The van der Waals surface area contributed by atoms with Crippen LogP contribution < -0.4 is 5.32 Å². The van der Waals surface area contributed by atoms with Gasteiger partial charge in [-0.05, 0) is 64.2 Å². The number of carbonyl (C=O) groups is 1. The van der Waals surface area contributed by atoms with Gasteiger partial charge in [0.05, 0.1) is 32.0 Å². The Kier molecular flexibility index (Phi) is 42.9. The molecule has 2 heterocycles. The molecule has 9 N–H and O–H groups in total. The highest BCUT2D eigenvalue weighted by atomic mass is 16.7. The summed E-state index contributed by atoms with van der Waals surface area (Å²) >= 11 is 0. The molecule has 438 valence electrons. The fourth-order valence-electron chi connectivity index (χ4n) is 9.34. The first-order chi connectivity index (χ1) is 37.1. The second-order valence-electron chi connectivity index (χ2n) is 20.7. The minimum absolute atomic E-state index is 0.220. The smallest absolute Gasteiger partial charge is 0.220 e. The molecule has 0 aromatic carbocycles. The molecule has 0 aliphatic carbocycles. The molecular weight excluding hydrogens is 967 g/mol. The van der Waals surface area contributed by atoms with E-state index in [9.17, 15) is 45.6 Å². The van der Waals surface area contributed by atoms with Crippen LogP contribution in [0.1, 0.15) is 206 Å². The molecule has 1 amide bonds. The van der Waals surface area contributed by atoms with Crippen LogP contribution >= 0.6 is 0 Å². The van der Waals surface area contributed by atoms with E-state index in [-0.39, 0.29) is 18.9 Å². The standard InChI is InChI=1S/C62H107NO13/c1-3-5-7-9-11-13-15-17-19-21-23-24-25-26-28-30-32-34-36-38-40-42-44-46-54(67)63-50(51(66)45-43-41-39-37-35-33-31-29-27-22-20-18-16-14-12-10-8-6-4-2)49-73-61-59(72)57(70)60(53(48-65)75-61)76-62-58(71)56(69)55(68)52(47-64)74-62/h5,7,11,13,17,19,23-24,26,28,32,34,38,40,50-53,55-62,64-66,68-72H,3-4,6,8-10,12,14-16,18,20-22,25,27,29-31,33,35-37,39,41-49H2,1-2H3,(H,63,67)/b7-5-,13-11-,19-17-,24-23-,28-26-,34-32-,40-38-. The van der Waals surface area contributed by atoms with Gasteiger partial charge >= 0.3 is 0 Å². The average Bonchev–Trinajstić information content (AvgIpc) is 3.42. The summed E-state index contributed by atoms with van der Waals surface area (Å²) in [4.78, 5) is 13.3. The maximum atomic E-state index is 13.3. The van der Waals surface area contributed by atoms with Gasteiger partial charge in [-0.1, -0.05) is 221 Å². The van der Waals surface area contributed by atoms with Crippen molar-refractivity contribution >= 4 is 5.91 Å². The lowest BCUT2D eigenvalue weighted by molar-refractivity contribution is -0.359. The molecule has 0 aromatic rings. The van der Waals surface area contributed by atoms with Crippen molar-refractivity contribution in [3.8, 4) is 0 Å². The predicted octanol–water partition coefficient (Wildman–Crippen LogP) is 10.1. The highest BCUT2D eigenvalue weighted by Crippen LogP contribution is 2.30. The maximum Gasteiger partial charge on any atom is 0.220 e. The quantitative estimate of drug-likeness (QED) is 0.0205. The molecule has 2 fully saturated rings. The van der Waals surface area contributed by atoms with Crippen molar-refractivity contribution in [3.63, 3.8) is 0 Å². The topological polar surface area (TPSA) is 228 Å². The summed E-state index contributed by atoms with van der Waals surface area (Å²) < 4.78 is 22.8. The number of nitrogens with one attached hydrogen (secondary N) is 1. The molecule has 0 saturated carbocycles. The summed E-state index contributed by atoms with van der Waals surface area (Å²) in [5.74, 6) is -0.266. The third-order valence-corrected chi connectivity index (χ3v) is 14.1. The molecule has 0 bridgehead atoms. The normalized spacial score (nSPS) is 25.5. The lowest BCUT2D eigenvalue weighted by Gasteiger charge is -2.46. The Morgan fingerprint density at radius 3 is 1.34 bits per heavy atom. The zero-order valence-electron chi connectivity index (χ0n) is 47.0. The Bertz CT molecular complexity index is 1600. The van der Waals surface area contributed by atoms with Crippen molar-refractivity contribution in [1.82, 2.24) is 5.32 Å². The molecule has 2 rings (SSSR count). The fraction of sp³-hybridized carbons (Fsp3) is 0.758. The van der Waals surface area contributed by atoms with E-state index in [0.29, 0.717) is 19.3 Å². The molecule has 2 saturated heterocycles. The summed E-state index contributed by atoms with van der Waals surface area (Å²) in [6, 6.07) is -0.865. The van der Waals surface area contributed by atoms with E-state index in [2.05, 4.69) is 104 Å². The number of carbonyl (C=O) groups excluding carboxylic acids is 1. The van der Waals surface area contributed by atoms with Gasteiger partial charge in [0.25, 0.3) is 0 Å². The number of amides is 1. The first-order valence-corrected chi connectivity index (χ1v) is 29.8. The molecule has 2 aliphatic heterocycles. The van der Waals surface area contributed by atoms with E-state index in [1.54, 1.807) is 0 Å². The highest BCUT2D eigenvalue weighted by molar-refractivity contribution is 5.76. The number of aliphatic hydroxyl groups excluding tert-OH is 8. The third-order valence-electron chi connectivity index (χ3n) is 14.1. The number of hydrogen-bond donors (Lipinski definition) is 9. The van der Waals surface area contributed by atoms with Crippen molar-refractivity contribution in [2.45, 2.75) is 280 Å². The fourth-order valence-corrected chi connectivity index (χ4v) is 9.34. The van der Waals surface area contributed by atoms with Crippen LogP contribution in [0.5, 0.6) is 0 Å². The second-order valence-corrected chi connectivity index (χ2v) is 20.7. The lowest BCUT2D eigenvalue weighted by Crippen LogP contribution is -2.65. The van der Waals surface area contributed by atoms with Gasteiger partial charge in [0.15, 0.2) is 12.6 Å². The summed E-state index contributed by atoms with van der Waals surface area (Å²) in [5, 5.41) is 87.2. The van der Waals surface area contributed by atoms with Crippen LogP contribution in [0.3, 0.4) is 0 Å². The van der Waals surface area contributed by atoms with Crippen molar-refractivity contribution in [2.75, 3.05) is 19.8 Å². The van der Waals surface area contributed by atoms with E-state index in [4.69, 9.17) is 18.9 Å². The van der Waals surface area contributed by atoms with Crippen molar-refractivity contribution in [2.24, 2.45) is 0 Å². The SMILES string of the molecule is CC/C=C\C/C=C\C/C=C\C/C=C\C/C=C\C/C=C\C/C=C\CCCC(=O)NC(COC1OC(CO)C(OC2OC(CO)C(O)C(O)C2O)C(O)C1O)C(O)CCCCCCCCCCCCCCCCCCCCC. The Balaban J connectivity index is 1.80. The number of allylic oxidation sites excluding steroid dienone is 14. The second kappa shape index (κ2) is 47.0.